The van der Waals surface area contributed by atoms with E-state index < -0.39 is 0 Å². The molecule has 1 aliphatic heterocycles. The van der Waals surface area contributed by atoms with Crippen molar-refractivity contribution in [3.63, 3.8) is 0 Å². The highest BCUT2D eigenvalue weighted by Gasteiger charge is 2.21. The number of nitrogens with zero attached hydrogens (tertiary/aromatic N) is 4. The third-order valence-electron chi connectivity index (χ3n) is 6.59. The van der Waals surface area contributed by atoms with Crippen molar-refractivity contribution in [2.45, 2.75) is 38.6 Å². The van der Waals surface area contributed by atoms with E-state index in [9.17, 15) is 9.18 Å². The molecule has 0 spiro atoms. The fourth-order valence-corrected chi connectivity index (χ4v) is 4.76. The first-order valence-electron chi connectivity index (χ1n) is 11.6. The largest absolute Gasteiger partial charge is 0.346 e. The Morgan fingerprint density at radius 3 is 2.94 bits per heavy atom. The minimum atomic E-state index is -0.247. The van der Waals surface area contributed by atoms with Gasteiger partial charge in [0.1, 0.15) is 5.82 Å². The van der Waals surface area contributed by atoms with Gasteiger partial charge in [-0.2, -0.15) is 5.10 Å². The summed E-state index contributed by atoms with van der Waals surface area (Å²) in [5.74, 6) is 0.445. The molecule has 1 unspecified atom stereocenters. The Kier molecular flexibility index (Phi) is 6.19. The molecule has 6 nitrogen and oxygen atoms in total. The van der Waals surface area contributed by atoms with Gasteiger partial charge < -0.3 is 9.47 Å². The molecule has 0 bridgehead atoms. The third kappa shape index (κ3) is 4.97. The Labute approximate surface area is 192 Å². The monoisotopic (exact) mass is 445 g/mol. The molecule has 0 aliphatic carbocycles. The number of carbonyl (C=O) groups excluding carboxylic acids is 1. The highest BCUT2D eigenvalue weighted by molar-refractivity contribution is 5.79. The molecular formula is C26H28FN5O. The molecule has 0 saturated carbocycles. The van der Waals surface area contributed by atoms with E-state index in [2.05, 4.69) is 33.1 Å². The number of amides is 1. The predicted octanol–water partition coefficient (Wildman–Crippen LogP) is 4.83. The number of hydrogen-bond acceptors (Lipinski definition) is 3. The summed E-state index contributed by atoms with van der Waals surface area (Å²) in [6, 6.07) is 12.8. The van der Waals surface area contributed by atoms with Crippen molar-refractivity contribution in [1.82, 2.24) is 24.6 Å². The van der Waals surface area contributed by atoms with Crippen LogP contribution in [0.1, 0.15) is 31.2 Å². The molecule has 1 fully saturated rings. The summed E-state index contributed by atoms with van der Waals surface area (Å²) in [5, 5.41) is 6.84. The topological polar surface area (TPSA) is 66.8 Å². The number of pyridine rings is 1. The van der Waals surface area contributed by atoms with Crippen molar-refractivity contribution < 1.29 is 9.18 Å². The number of nitrogens with one attached hydrogen (secondary N) is 1. The average molecular weight is 446 g/mol. The van der Waals surface area contributed by atoms with E-state index in [1.165, 1.54) is 12.1 Å². The van der Waals surface area contributed by atoms with E-state index in [1.807, 2.05) is 23.2 Å². The minimum Gasteiger partial charge on any atom is -0.346 e. The number of rotatable bonds is 6. The number of hydrogen-bond donors (Lipinski definition) is 1. The number of benzene rings is 1. The summed E-state index contributed by atoms with van der Waals surface area (Å²) < 4.78 is 15.7. The molecule has 4 aromatic rings. The van der Waals surface area contributed by atoms with Gasteiger partial charge in [0.15, 0.2) is 0 Å². The van der Waals surface area contributed by atoms with Crippen LogP contribution in [0.15, 0.2) is 61.1 Å². The highest BCUT2D eigenvalue weighted by Crippen LogP contribution is 2.25. The molecule has 1 saturated heterocycles. The van der Waals surface area contributed by atoms with Crippen LogP contribution in [0.4, 0.5) is 4.39 Å². The second-order valence-electron chi connectivity index (χ2n) is 8.86. The molecule has 4 heterocycles. The molecule has 1 aromatic carbocycles. The highest BCUT2D eigenvalue weighted by atomic mass is 19.1. The Bertz CT molecular complexity index is 1230. The number of halogens is 1. The number of aromatic amines is 1. The standard InChI is InChI=1S/C26H28FN5O/c27-22-5-1-3-19(15-22)6-9-26(33)31-12-2-4-20(10-13-31)18-32-14-11-24-25(32)8-7-23(30-24)21-16-28-29-17-21/h1,3,5,7-8,11,14-17,20H,2,4,6,9-10,12-13,18H2,(H,28,29). The number of H-pyrrole nitrogens is 1. The van der Waals surface area contributed by atoms with Crippen molar-refractivity contribution in [1.29, 1.82) is 0 Å². The smallest absolute Gasteiger partial charge is 0.222 e. The zero-order valence-electron chi connectivity index (χ0n) is 18.6. The summed E-state index contributed by atoms with van der Waals surface area (Å²) in [4.78, 5) is 19.5. The van der Waals surface area contributed by atoms with Crippen LogP contribution >= 0.6 is 0 Å². The summed E-state index contributed by atoms with van der Waals surface area (Å²) in [5.41, 5.74) is 4.89. The van der Waals surface area contributed by atoms with Crippen molar-refractivity contribution in [2.75, 3.05) is 13.1 Å². The van der Waals surface area contributed by atoms with Gasteiger partial charge in [-0.3, -0.25) is 9.89 Å². The first-order valence-corrected chi connectivity index (χ1v) is 11.6. The lowest BCUT2D eigenvalue weighted by Gasteiger charge is -2.21. The van der Waals surface area contributed by atoms with Gasteiger partial charge in [0.2, 0.25) is 5.91 Å². The molecule has 170 valence electrons. The number of likely N-dealkylation sites (tertiary alicyclic amines) is 1. The van der Waals surface area contributed by atoms with Crippen LogP contribution in [0.2, 0.25) is 0 Å². The van der Waals surface area contributed by atoms with Gasteiger partial charge in [-0.25, -0.2) is 9.37 Å². The summed E-state index contributed by atoms with van der Waals surface area (Å²) in [7, 11) is 0. The van der Waals surface area contributed by atoms with Crippen LogP contribution in [0.25, 0.3) is 22.3 Å². The third-order valence-corrected chi connectivity index (χ3v) is 6.59. The lowest BCUT2D eigenvalue weighted by molar-refractivity contribution is -0.131. The number of carbonyl (C=O) groups is 1. The van der Waals surface area contributed by atoms with E-state index in [1.54, 1.807) is 12.3 Å². The van der Waals surface area contributed by atoms with Crippen molar-refractivity contribution >= 4 is 16.9 Å². The lowest BCUT2D eigenvalue weighted by atomic mass is 10.0. The van der Waals surface area contributed by atoms with Crippen LogP contribution in [-0.4, -0.2) is 43.6 Å². The number of fused-ring (bicyclic) bond motifs is 1. The Hall–Kier alpha value is -3.48. The predicted molar refractivity (Wildman–Crippen MR) is 126 cm³/mol. The zero-order chi connectivity index (χ0) is 22.6. The van der Waals surface area contributed by atoms with E-state index in [0.29, 0.717) is 18.8 Å². The molecule has 7 heteroatoms. The summed E-state index contributed by atoms with van der Waals surface area (Å²) in [6.45, 7) is 2.52. The summed E-state index contributed by atoms with van der Waals surface area (Å²) in [6.07, 6.45) is 9.87. The van der Waals surface area contributed by atoms with Gasteiger partial charge in [-0.15, -0.1) is 0 Å². The SMILES string of the molecule is O=C(CCc1cccc(F)c1)N1CCCC(Cn2ccc3nc(-c4cn[nH]c4)ccc32)CC1. The van der Waals surface area contributed by atoms with Crippen LogP contribution < -0.4 is 0 Å². The second kappa shape index (κ2) is 9.57. The van der Waals surface area contributed by atoms with Gasteiger partial charge in [0.05, 0.1) is 22.9 Å². The van der Waals surface area contributed by atoms with E-state index >= 15 is 0 Å². The fraction of sp³-hybridized carbons (Fsp3) is 0.346. The van der Waals surface area contributed by atoms with Gasteiger partial charge in [-0.1, -0.05) is 12.1 Å². The maximum atomic E-state index is 13.4. The summed E-state index contributed by atoms with van der Waals surface area (Å²) >= 11 is 0. The Balaban J connectivity index is 1.18. The van der Waals surface area contributed by atoms with Crippen molar-refractivity contribution in [3.05, 3.63) is 72.4 Å². The van der Waals surface area contributed by atoms with Crippen LogP contribution in [0, 0.1) is 11.7 Å². The van der Waals surface area contributed by atoms with Crippen LogP contribution in [-0.2, 0) is 17.8 Å². The van der Waals surface area contributed by atoms with Crippen molar-refractivity contribution in [2.24, 2.45) is 5.92 Å². The average Bonchev–Trinajstić information content (AvgIpc) is 3.43. The van der Waals surface area contributed by atoms with Gasteiger partial charge in [0.25, 0.3) is 0 Å². The molecule has 1 atom stereocenters. The van der Waals surface area contributed by atoms with Crippen LogP contribution in [0.3, 0.4) is 0 Å². The molecule has 33 heavy (non-hydrogen) atoms. The Morgan fingerprint density at radius 2 is 2.09 bits per heavy atom. The van der Waals surface area contributed by atoms with Gasteiger partial charge in [-0.05, 0) is 67.5 Å². The lowest BCUT2D eigenvalue weighted by Crippen LogP contribution is -2.32. The quantitative estimate of drug-likeness (QED) is 0.462. The van der Waals surface area contributed by atoms with Crippen molar-refractivity contribution in [3.8, 4) is 11.3 Å². The maximum Gasteiger partial charge on any atom is 0.222 e. The molecule has 1 amide bonds. The van der Waals surface area contributed by atoms with Crippen LogP contribution in [0.5, 0.6) is 0 Å². The fourth-order valence-electron chi connectivity index (χ4n) is 4.76. The first kappa shape index (κ1) is 21.4. The molecular weight excluding hydrogens is 417 g/mol. The number of aromatic nitrogens is 4. The normalized spacial score (nSPS) is 16.8. The number of aryl methyl sites for hydroxylation is 1. The van der Waals surface area contributed by atoms with E-state index in [0.717, 1.165) is 66.8 Å². The molecule has 1 aliphatic rings. The molecule has 0 radical (unpaired) electrons. The van der Waals surface area contributed by atoms with Gasteiger partial charge >= 0.3 is 0 Å². The molecule has 5 rings (SSSR count). The second-order valence-corrected chi connectivity index (χ2v) is 8.86. The maximum absolute atomic E-state index is 13.4. The molecule has 1 N–H and O–H groups in total. The van der Waals surface area contributed by atoms with Gasteiger partial charge in [0, 0.05) is 44.0 Å². The zero-order valence-corrected chi connectivity index (χ0v) is 18.6. The first-order chi connectivity index (χ1) is 16.2. The minimum absolute atomic E-state index is 0.169. The van der Waals surface area contributed by atoms with E-state index in [-0.39, 0.29) is 11.7 Å². The Morgan fingerprint density at radius 1 is 1.15 bits per heavy atom. The van der Waals surface area contributed by atoms with E-state index in [4.69, 9.17) is 4.98 Å². The molecule has 3 aromatic heterocycles.